The van der Waals surface area contributed by atoms with Crippen molar-refractivity contribution in [3.05, 3.63) is 66.6 Å². The molecule has 2 aromatic carbocycles. The number of nitrogens with one attached hydrogen (secondary N) is 1. The molecule has 5 rings (SSSR count). The fourth-order valence-corrected chi connectivity index (χ4v) is 4.04. The van der Waals surface area contributed by atoms with Crippen molar-refractivity contribution in [3.8, 4) is 11.5 Å². The second-order valence-corrected chi connectivity index (χ2v) is 7.97. The van der Waals surface area contributed by atoms with Crippen LogP contribution in [0.25, 0.3) is 10.9 Å². The zero-order valence-electron chi connectivity index (χ0n) is 20.0. The molecule has 3 heterocycles. The molecule has 3 aromatic rings. The molecular weight excluding hydrogens is 463 g/mol. The number of hydrogen-bond donors (Lipinski definition) is 1. The molecule has 0 unspecified atom stereocenters. The minimum Gasteiger partial charge on any atom is -0.490 e. The highest BCUT2D eigenvalue weighted by molar-refractivity contribution is 5.98. The van der Waals surface area contributed by atoms with Crippen molar-refractivity contribution in [2.45, 2.75) is 6.92 Å². The number of ether oxygens (including phenoxy) is 3. The normalized spacial score (nSPS) is 15.7. The molecule has 0 fully saturated rings. The third kappa shape index (κ3) is 4.89. The Hall–Kier alpha value is -4.31. The molecule has 0 saturated carbocycles. The molecule has 2 aliphatic rings. The Morgan fingerprint density at radius 2 is 2.17 bits per heavy atom. The minimum atomic E-state index is -0.478. The number of hydrogen-bond acceptors (Lipinski definition) is 8. The lowest BCUT2D eigenvalue weighted by Gasteiger charge is -2.18. The number of aromatic nitrogens is 2. The molecule has 0 spiro atoms. The van der Waals surface area contributed by atoms with E-state index >= 15 is 4.39 Å². The van der Waals surface area contributed by atoms with Gasteiger partial charge >= 0.3 is 0 Å². The van der Waals surface area contributed by atoms with E-state index in [1.807, 2.05) is 31.3 Å². The lowest BCUT2D eigenvalue weighted by Crippen LogP contribution is -2.23. The van der Waals surface area contributed by atoms with Gasteiger partial charge in [-0.05, 0) is 37.3 Å². The quantitative estimate of drug-likeness (QED) is 0.390. The van der Waals surface area contributed by atoms with Crippen molar-refractivity contribution in [2.24, 2.45) is 5.10 Å². The van der Waals surface area contributed by atoms with Crippen LogP contribution in [0.3, 0.4) is 0 Å². The molecule has 0 bridgehead atoms. The van der Waals surface area contributed by atoms with Gasteiger partial charge in [0.25, 0.3) is 0 Å². The molecule has 0 aliphatic carbocycles. The van der Waals surface area contributed by atoms with Crippen LogP contribution < -0.4 is 14.8 Å². The zero-order valence-corrected chi connectivity index (χ0v) is 20.0. The van der Waals surface area contributed by atoms with Crippen molar-refractivity contribution in [3.63, 3.8) is 0 Å². The van der Waals surface area contributed by atoms with Crippen LogP contribution in [0.15, 0.2) is 65.9 Å². The summed E-state index contributed by atoms with van der Waals surface area (Å²) in [7, 11) is 1.60. The van der Waals surface area contributed by atoms with E-state index in [0.29, 0.717) is 60.3 Å². The number of nitrogens with zero attached hydrogens (tertiary/aromatic N) is 5. The molecule has 0 saturated heterocycles. The maximum Gasteiger partial charge on any atom is 0.248 e. The smallest absolute Gasteiger partial charge is 0.248 e. The van der Waals surface area contributed by atoms with Gasteiger partial charge in [-0.1, -0.05) is 0 Å². The first-order valence-corrected chi connectivity index (χ1v) is 11.5. The molecule has 10 heteroatoms. The van der Waals surface area contributed by atoms with Gasteiger partial charge in [0.05, 0.1) is 30.2 Å². The second kappa shape index (κ2) is 10.5. The Morgan fingerprint density at radius 1 is 1.25 bits per heavy atom. The number of hydrazone groups is 1. The highest BCUT2D eigenvalue weighted by Crippen LogP contribution is 2.39. The standard InChI is InChI=1S/C26H26FN6O3/c1-3-30-33-10-8-18(9-11-33)36-19-4-5-21(20(27)16-19)31-26-24-22(28-17-29-26)6-7-23(25(24)34-2)32-12-14-35-15-13-32/h3-10,12,16-17H,11,13-15H2,1-2H3,(H,28,29,31)/q+1/b30-3-. The van der Waals surface area contributed by atoms with Crippen LogP contribution in [-0.2, 0) is 4.74 Å². The van der Waals surface area contributed by atoms with E-state index in [0.717, 1.165) is 5.69 Å². The minimum absolute atomic E-state index is 0.254. The van der Waals surface area contributed by atoms with E-state index in [1.54, 1.807) is 42.7 Å². The molecular formula is C26H26FN6O3+. The number of allylic oxidation sites excluding steroid dienone is 1. The molecule has 36 heavy (non-hydrogen) atoms. The van der Waals surface area contributed by atoms with E-state index in [9.17, 15) is 0 Å². The van der Waals surface area contributed by atoms with E-state index in [2.05, 4.69) is 25.0 Å². The highest BCUT2D eigenvalue weighted by atomic mass is 19.1. The lowest BCUT2D eigenvalue weighted by molar-refractivity contribution is -0.450. The Kier molecular flexibility index (Phi) is 6.85. The van der Waals surface area contributed by atoms with Gasteiger partial charge in [-0.3, -0.25) is 5.01 Å². The monoisotopic (exact) mass is 489 g/mol. The summed E-state index contributed by atoms with van der Waals surface area (Å²) in [5, 5.41) is 9.71. The summed E-state index contributed by atoms with van der Waals surface area (Å²) < 4.78 is 34.2. The van der Waals surface area contributed by atoms with Gasteiger partial charge in [0, 0.05) is 24.5 Å². The summed E-state index contributed by atoms with van der Waals surface area (Å²) in [4.78, 5) is 8.76. The van der Waals surface area contributed by atoms with Crippen molar-refractivity contribution >= 4 is 40.5 Å². The highest BCUT2D eigenvalue weighted by Gasteiger charge is 2.23. The molecule has 0 amide bonds. The predicted molar refractivity (Wildman–Crippen MR) is 136 cm³/mol. The van der Waals surface area contributed by atoms with Gasteiger partial charge in [-0.2, -0.15) is 9.68 Å². The molecule has 9 nitrogen and oxygen atoms in total. The first-order valence-electron chi connectivity index (χ1n) is 11.5. The van der Waals surface area contributed by atoms with Crippen LogP contribution in [-0.4, -0.2) is 65.4 Å². The van der Waals surface area contributed by atoms with Gasteiger partial charge in [0.2, 0.25) is 11.4 Å². The molecule has 0 radical (unpaired) electrons. The fraction of sp³-hybridized carbons (Fsp3) is 0.231. The molecule has 1 aromatic heterocycles. The third-order valence-corrected chi connectivity index (χ3v) is 5.72. The van der Waals surface area contributed by atoms with Crippen LogP contribution in [0.1, 0.15) is 6.92 Å². The third-order valence-electron chi connectivity index (χ3n) is 5.72. The average molecular weight is 490 g/mol. The average Bonchev–Trinajstić information content (AvgIpc) is 2.91. The number of rotatable bonds is 7. The second-order valence-electron chi connectivity index (χ2n) is 7.97. The van der Waals surface area contributed by atoms with Gasteiger partial charge in [-0.25, -0.2) is 14.4 Å². The lowest BCUT2D eigenvalue weighted by atomic mass is 10.1. The van der Waals surface area contributed by atoms with Crippen LogP contribution in [0.5, 0.6) is 11.5 Å². The Bertz CT molecular complexity index is 1400. The Morgan fingerprint density at radius 3 is 2.89 bits per heavy atom. The van der Waals surface area contributed by atoms with Crippen LogP contribution >= 0.6 is 0 Å². The first kappa shape index (κ1) is 23.4. The Labute approximate surface area is 207 Å². The van der Waals surface area contributed by atoms with Gasteiger partial charge < -0.3 is 19.5 Å². The number of methoxy groups -OCH3 is 1. The summed E-state index contributed by atoms with van der Waals surface area (Å²) in [6, 6.07) is 8.50. The molecule has 184 valence electrons. The van der Waals surface area contributed by atoms with E-state index < -0.39 is 5.82 Å². The van der Waals surface area contributed by atoms with E-state index in [-0.39, 0.29) is 5.69 Å². The predicted octanol–water partition coefficient (Wildman–Crippen LogP) is 4.36. The number of fused-ring (bicyclic) bond motifs is 1. The van der Waals surface area contributed by atoms with E-state index in [1.165, 1.54) is 12.4 Å². The van der Waals surface area contributed by atoms with Crippen molar-refractivity contribution in [1.29, 1.82) is 0 Å². The van der Waals surface area contributed by atoms with E-state index in [4.69, 9.17) is 14.2 Å². The molecule has 1 N–H and O–H groups in total. The Balaban J connectivity index is 1.42. The maximum absolute atomic E-state index is 15.1. The zero-order chi connectivity index (χ0) is 24.9. The molecule has 2 aliphatic heterocycles. The van der Waals surface area contributed by atoms with Gasteiger partial charge in [0.15, 0.2) is 12.8 Å². The number of benzene rings is 2. The molecule has 0 atom stereocenters. The summed E-state index contributed by atoms with van der Waals surface area (Å²) in [6.07, 6.45) is 10.6. The maximum atomic E-state index is 15.1. The van der Waals surface area contributed by atoms with Crippen LogP contribution in [0, 0.1) is 5.82 Å². The summed E-state index contributed by atoms with van der Waals surface area (Å²) >= 11 is 0. The van der Waals surface area contributed by atoms with Crippen LogP contribution in [0.4, 0.5) is 21.6 Å². The number of anilines is 2. The summed E-state index contributed by atoms with van der Waals surface area (Å²) in [5.74, 6) is 1.57. The summed E-state index contributed by atoms with van der Waals surface area (Å²) in [6.45, 7) is 4.26. The topological polar surface area (TPSA) is 84.1 Å². The summed E-state index contributed by atoms with van der Waals surface area (Å²) in [5.41, 5.74) is 1.80. The van der Waals surface area contributed by atoms with Gasteiger partial charge in [-0.15, -0.1) is 0 Å². The number of halogens is 1. The van der Waals surface area contributed by atoms with Crippen molar-refractivity contribution in [2.75, 3.05) is 38.7 Å². The van der Waals surface area contributed by atoms with Crippen LogP contribution in [0.2, 0.25) is 0 Å². The van der Waals surface area contributed by atoms with Crippen molar-refractivity contribution in [1.82, 2.24) is 15.0 Å². The largest absolute Gasteiger partial charge is 0.490 e. The SMILES string of the molecule is C/C=N\N1C=CC(Oc2ccc(Nc3ncnc4ccc([N+]5=CCOCC5)c(OC)c34)c(F)c2)=CC1. The van der Waals surface area contributed by atoms with Crippen molar-refractivity contribution < 1.29 is 23.2 Å². The first-order chi connectivity index (χ1) is 17.7. The van der Waals surface area contributed by atoms with Gasteiger partial charge in [0.1, 0.15) is 42.7 Å². The fourth-order valence-electron chi connectivity index (χ4n) is 4.04.